The first-order chi connectivity index (χ1) is 8.66. The van der Waals surface area contributed by atoms with Gasteiger partial charge >= 0.3 is 0 Å². The van der Waals surface area contributed by atoms with E-state index < -0.39 is 5.82 Å². The molecule has 0 aromatic heterocycles. The minimum Gasteiger partial charge on any atom is -0.349 e. The molecule has 1 saturated heterocycles. The second-order valence-corrected chi connectivity index (χ2v) is 5.39. The van der Waals surface area contributed by atoms with Crippen molar-refractivity contribution in [3.63, 3.8) is 0 Å². The molecule has 0 saturated carbocycles. The Bertz CT molecular complexity index is 431. The van der Waals surface area contributed by atoms with Gasteiger partial charge in [0.1, 0.15) is 5.82 Å². The highest BCUT2D eigenvalue weighted by atomic mass is 79.9. The molecule has 1 atom stereocenters. The molecule has 1 aliphatic heterocycles. The van der Waals surface area contributed by atoms with Crippen molar-refractivity contribution in [2.45, 2.75) is 25.3 Å². The normalized spacial score (nSPS) is 20.2. The second-order valence-electron chi connectivity index (χ2n) is 4.48. The van der Waals surface area contributed by atoms with Crippen molar-refractivity contribution in [2.24, 2.45) is 0 Å². The largest absolute Gasteiger partial charge is 0.349 e. The van der Waals surface area contributed by atoms with Gasteiger partial charge in [-0.2, -0.15) is 0 Å². The molecule has 0 radical (unpaired) electrons. The van der Waals surface area contributed by atoms with E-state index in [1.807, 2.05) is 0 Å². The van der Waals surface area contributed by atoms with Crippen molar-refractivity contribution in [3.05, 3.63) is 34.1 Å². The molecule has 0 spiro atoms. The Kier molecular flexibility index (Phi) is 4.72. The van der Waals surface area contributed by atoms with Gasteiger partial charge in [-0.3, -0.25) is 4.79 Å². The second kappa shape index (κ2) is 6.29. The molecule has 1 aromatic carbocycles. The molecule has 1 unspecified atom stereocenters. The Balaban J connectivity index is 2.04. The maximum absolute atomic E-state index is 13.6. The Morgan fingerprint density at radius 2 is 2.22 bits per heavy atom. The average Bonchev–Trinajstić information content (AvgIpc) is 2.61. The third kappa shape index (κ3) is 3.53. The van der Waals surface area contributed by atoms with Crippen molar-refractivity contribution < 1.29 is 9.18 Å². The summed E-state index contributed by atoms with van der Waals surface area (Å²) in [6.45, 7) is 1.88. The molecular formula is C13H16BrFN2O. The predicted octanol–water partition coefficient (Wildman–Crippen LogP) is 2.46. The summed E-state index contributed by atoms with van der Waals surface area (Å²) in [6.07, 6.45) is 2.86. The van der Waals surface area contributed by atoms with E-state index in [0.717, 1.165) is 32.4 Å². The zero-order chi connectivity index (χ0) is 13.0. The summed E-state index contributed by atoms with van der Waals surface area (Å²) in [5.74, 6) is -0.817. The lowest BCUT2D eigenvalue weighted by atomic mass is 10.1. The van der Waals surface area contributed by atoms with E-state index in [4.69, 9.17) is 0 Å². The quantitative estimate of drug-likeness (QED) is 0.880. The van der Waals surface area contributed by atoms with Crippen LogP contribution in [-0.4, -0.2) is 25.0 Å². The summed E-state index contributed by atoms with van der Waals surface area (Å²) in [4.78, 5) is 12.0. The van der Waals surface area contributed by atoms with E-state index in [2.05, 4.69) is 26.6 Å². The average molecular weight is 315 g/mol. The van der Waals surface area contributed by atoms with Crippen LogP contribution in [0.25, 0.3) is 0 Å². The van der Waals surface area contributed by atoms with Gasteiger partial charge in [-0.15, -0.1) is 0 Å². The Morgan fingerprint density at radius 1 is 1.39 bits per heavy atom. The number of nitrogens with one attached hydrogen (secondary N) is 2. The Morgan fingerprint density at radius 3 is 3.06 bits per heavy atom. The van der Waals surface area contributed by atoms with Crippen molar-refractivity contribution in [3.8, 4) is 0 Å². The SMILES string of the molecule is O=C(NC1CCCNCC1)c1cc(Br)ccc1F. The maximum Gasteiger partial charge on any atom is 0.254 e. The topological polar surface area (TPSA) is 41.1 Å². The Hall–Kier alpha value is -0.940. The number of hydrogen-bond acceptors (Lipinski definition) is 2. The number of carbonyl (C=O) groups is 1. The molecule has 98 valence electrons. The Labute approximate surface area is 114 Å². The number of halogens is 2. The summed E-state index contributed by atoms with van der Waals surface area (Å²) in [6, 6.07) is 4.53. The standard InChI is InChI=1S/C13H16BrFN2O/c14-9-3-4-12(15)11(8-9)13(18)17-10-2-1-6-16-7-5-10/h3-4,8,10,16H,1-2,5-7H2,(H,17,18). The molecule has 1 fully saturated rings. The molecule has 5 heteroatoms. The molecule has 2 rings (SSSR count). The monoisotopic (exact) mass is 314 g/mol. The summed E-state index contributed by atoms with van der Waals surface area (Å²) in [5.41, 5.74) is 0.0987. The predicted molar refractivity (Wildman–Crippen MR) is 72.1 cm³/mol. The fourth-order valence-corrected chi connectivity index (χ4v) is 2.46. The van der Waals surface area contributed by atoms with Gasteiger partial charge in [-0.25, -0.2) is 4.39 Å². The van der Waals surface area contributed by atoms with Crippen LogP contribution in [0.4, 0.5) is 4.39 Å². The summed E-state index contributed by atoms with van der Waals surface area (Å²) >= 11 is 3.25. The van der Waals surface area contributed by atoms with Gasteiger partial charge in [-0.1, -0.05) is 15.9 Å². The molecule has 0 aliphatic carbocycles. The summed E-state index contributed by atoms with van der Waals surface area (Å²) in [5, 5.41) is 6.18. The van der Waals surface area contributed by atoms with Gasteiger partial charge in [0.25, 0.3) is 5.91 Å². The van der Waals surface area contributed by atoms with Crippen LogP contribution in [0.1, 0.15) is 29.6 Å². The minimum atomic E-state index is -0.484. The summed E-state index contributed by atoms with van der Waals surface area (Å²) in [7, 11) is 0. The number of amides is 1. The van der Waals surface area contributed by atoms with Gasteiger partial charge in [-0.05, 0) is 50.6 Å². The van der Waals surface area contributed by atoms with Gasteiger partial charge in [0.2, 0.25) is 0 Å². The fourth-order valence-electron chi connectivity index (χ4n) is 2.10. The molecule has 1 amide bonds. The van der Waals surface area contributed by atoms with Crippen molar-refractivity contribution in [1.82, 2.24) is 10.6 Å². The first-order valence-corrected chi connectivity index (χ1v) is 6.93. The van der Waals surface area contributed by atoms with Crippen LogP contribution in [-0.2, 0) is 0 Å². The molecule has 3 nitrogen and oxygen atoms in total. The van der Waals surface area contributed by atoms with Crippen LogP contribution < -0.4 is 10.6 Å². The molecule has 0 bridgehead atoms. The van der Waals surface area contributed by atoms with Crippen LogP contribution in [0, 0.1) is 5.82 Å². The van der Waals surface area contributed by atoms with E-state index in [-0.39, 0.29) is 17.5 Å². The minimum absolute atomic E-state index is 0.0987. The molecular weight excluding hydrogens is 299 g/mol. The molecule has 1 heterocycles. The van der Waals surface area contributed by atoms with E-state index in [0.29, 0.717) is 4.47 Å². The molecule has 1 aliphatic rings. The van der Waals surface area contributed by atoms with Crippen LogP contribution in [0.3, 0.4) is 0 Å². The third-order valence-corrected chi connectivity index (χ3v) is 3.58. The third-order valence-electron chi connectivity index (χ3n) is 3.08. The van der Waals surface area contributed by atoms with Gasteiger partial charge in [0.05, 0.1) is 5.56 Å². The zero-order valence-electron chi connectivity index (χ0n) is 10.0. The number of rotatable bonds is 2. The van der Waals surface area contributed by atoms with Crippen molar-refractivity contribution >= 4 is 21.8 Å². The van der Waals surface area contributed by atoms with Crippen LogP contribution >= 0.6 is 15.9 Å². The zero-order valence-corrected chi connectivity index (χ0v) is 11.6. The smallest absolute Gasteiger partial charge is 0.254 e. The van der Waals surface area contributed by atoms with E-state index in [1.54, 1.807) is 6.07 Å². The fraction of sp³-hybridized carbons (Fsp3) is 0.462. The maximum atomic E-state index is 13.6. The molecule has 1 aromatic rings. The lowest BCUT2D eigenvalue weighted by Crippen LogP contribution is -2.35. The molecule has 2 N–H and O–H groups in total. The van der Waals surface area contributed by atoms with E-state index in [1.165, 1.54) is 12.1 Å². The van der Waals surface area contributed by atoms with Gasteiger partial charge in [0.15, 0.2) is 0 Å². The highest BCUT2D eigenvalue weighted by Crippen LogP contribution is 2.16. The van der Waals surface area contributed by atoms with Crippen molar-refractivity contribution in [2.75, 3.05) is 13.1 Å². The first-order valence-electron chi connectivity index (χ1n) is 6.13. The van der Waals surface area contributed by atoms with E-state index >= 15 is 0 Å². The molecule has 18 heavy (non-hydrogen) atoms. The van der Waals surface area contributed by atoms with Gasteiger partial charge in [0, 0.05) is 10.5 Å². The van der Waals surface area contributed by atoms with Crippen LogP contribution in [0.2, 0.25) is 0 Å². The van der Waals surface area contributed by atoms with E-state index in [9.17, 15) is 9.18 Å². The highest BCUT2D eigenvalue weighted by Gasteiger charge is 2.18. The highest BCUT2D eigenvalue weighted by molar-refractivity contribution is 9.10. The van der Waals surface area contributed by atoms with Crippen LogP contribution in [0.5, 0.6) is 0 Å². The lowest BCUT2D eigenvalue weighted by molar-refractivity contribution is 0.0930. The van der Waals surface area contributed by atoms with Crippen molar-refractivity contribution in [1.29, 1.82) is 0 Å². The number of hydrogen-bond donors (Lipinski definition) is 2. The van der Waals surface area contributed by atoms with Crippen LogP contribution in [0.15, 0.2) is 22.7 Å². The number of benzene rings is 1. The summed E-state index contributed by atoms with van der Waals surface area (Å²) < 4.78 is 14.3. The van der Waals surface area contributed by atoms with Gasteiger partial charge < -0.3 is 10.6 Å². The lowest BCUT2D eigenvalue weighted by Gasteiger charge is -2.16. The number of carbonyl (C=O) groups excluding carboxylic acids is 1. The first kappa shape index (κ1) is 13.5.